The van der Waals surface area contributed by atoms with Gasteiger partial charge in [0.2, 0.25) is 0 Å². The quantitative estimate of drug-likeness (QED) is 0.632. The van der Waals surface area contributed by atoms with Gasteiger partial charge in [-0.15, -0.1) is 0 Å². The summed E-state index contributed by atoms with van der Waals surface area (Å²) in [5.41, 5.74) is 0.865. The third-order valence-corrected chi connectivity index (χ3v) is 2.87. The molecule has 1 aromatic rings. The summed E-state index contributed by atoms with van der Waals surface area (Å²) in [7, 11) is 0. The van der Waals surface area contributed by atoms with Crippen LogP contribution in [0.5, 0.6) is 0 Å². The summed E-state index contributed by atoms with van der Waals surface area (Å²) in [6.45, 7) is 7.66. The van der Waals surface area contributed by atoms with Crippen LogP contribution in [-0.4, -0.2) is 32.9 Å². The van der Waals surface area contributed by atoms with Crippen molar-refractivity contribution in [2.24, 2.45) is 0 Å². The summed E-state index contributed by atoms with van der Waals surface area (Å²) < 4.78 is 24.5. The van der Waals surface area contributed by atoms with Gasteiger partial charge in [0.15, 0.2) is 0 Å². The van der Waals surface area contributed by atoms with Crippen LogP contribution in [0.3, 0.4) is 0 Å². The molecule has 0 saturated carbocycles. The molecular formula is C16H26FNO2. The zero-order valence-corrected chi connectivity index (χ0v) is 12.5. The number of hydrogen-bond donors (Lipinski definition) is 1. The third kappa shape index (κ3) is 6.98. The topological polar surface area (TPSA) is 30.5 Å². The molecule has 0 bridgehead atoms. The SMILES string of the molecule is CCCNCC(OCCOCCC)c1cccc(F)c1. The van der Waals surface area contributed by atoms with Crippen LogP contribution in [0.25, 0.3) is 0 Å². The van der Waals surface area contributed by atoms with Crippen molar-refractivity contribution in [3.8, 4) is 0 Å². The Morgan fingerprint density at radius 2 is 2.00 bits per heavy atom. The first-order valence-electron chi connectivity index (χ1n) is 7.43. The average Bonchev–Trinajstić information content (AvgIpc) is 2.45. The molecule has 0 fully saturated rings. The van der Waals surface area contributed by atoms with E-state index in [1.165, 1.54) is 12.1 Å². The maximum Gasteiger partial charge on any atom is 0.123 e. The van der Waals surface area contributed by atoms with Crippen molar-refractivity contribution in [3.63, 3.8) is 0 Å². The summed E-state index contributed by atoms with van der Waals surface area (Å²) in [4.78, 5) is 0. The normalized spacial score (nSPS) is 12.6. The van der Waals surface area contributed by atoms with E-state index in [1.54, 1.807) is 6.07 Å². The summed E-state index contributed by atoms with van der Waals surface area (Å²) in [5, 5.41) is 3.32. The molecule has 0 heterocycles. The summed E-state index contributed by atoms with van der Waals surface area (Å²) >= 11 is 0. The first-order chi connectivity index (χ1) is 9.77. The molecule has 0 amide bonds. The zero-order valence-electron chi connectivity index (χ0n) is 12.5. The molecule has 1 N–H and O–H groups in total. The molecule has 20 heavy (non-hydrogen) atoms. The average molecular weight is 283 g/mol. The summed E-state index contributed by atoms with van der Waals surface area (Å²) in [6.07, 6.45) is 1.93. The molecule has 0 aliphatic rings. The first-order valence-corrected chi connectivity index (χ1v) is 7.43. The van der Waals surface area contributed by atoms with E-state index in [-0.39, 0.29) is 11.9 Å². The molecule has 0 aliphatic carbocycles. The van der Waals surface area contributed by atoms with Crippen molar-refractivity contribution >= 4 is 0 Å². The lowest BCUT2D eigenvalue weighted by Gasteiger charge is -2.19. The van der Waals surface area contributed by atoms with Gasteiger partial charge < -0.3 is 14.8 Å². The van der Waals surface area contributed by atoms with E-state index >= 15 is 0 Å². The van der Waals surface area contributed by atoms with E-state index < -0.39 is 0 Å². The molecule has 1 aromatic carbocycles. The van der Waals surface area contributed by atoms with Crippen molar-refractivity contribution in [1.82, 2.24) is 5.32 Å². The Morgan fingerprint density at radius 3 is 2.70 bits per heavy atom. The van der Waals surface area contributed by atoms with Crippen LogP contribution in [0.2, 0.25) is 0 Å². The highest BCUT2D eigenvalue weighted by atomic mass is 19.1. The minimum Gasteiger partial charge on any atom is -0.379 e. The van der Waals surface area contributed by atoms with Gasteiger partial charge in [-0.2, -0.15) is 0 Å². The van der Waals surface area contributed by atoms with Crippen LogP contribution in [0.4, 0.5) is 4.39 Å². The summed E-state index contributed by atoms with van der Waals surface area (Å²) in [5.74, 6) is -0.228. The van der Waals surface area contributed by atoms with Crippen molar-refractivity contribution < 1.29 is 13.9 Å². The minimum absolute atomic E-state index is 0.137. The van der Waals surface area contributed by atoms with E-state index in [0.717, 1.165) is 31.6 Å². The molecule has 0 radical (unpaired) electrons. The van der Waals surface area contributed by atoms with Gasteiger partial charge in [0.25, 0.3) is 0 Å². The van der Waals surface area contributed by atoms with Gasteiger partial charge in [0.05, 0.1) is 19.3 Å². The van der Waals surface area contributed by atoms with Crippen LogP contribution in [-0.2, 0) is 9.47 Å². The fourth-order valence-corrected chi connectivity index (χ4v) is 1.89. The lowest BCUT2D eigenvalue weighted by Crippen LogP contribution is -2.25. The Balaban J connectivity index is 2.47. The first kappa shape index (κ1) is 17.1. The van der Waals surface area contributed by atoms with Crippen molar-refractivity contribution in [2.75, 3.05) is 32.9 Å². The highest BCUT2D eigenvalue weighted by molar-refractivity contribution is 5.19. The number of hydrogen-bond acceptors (Lipinski definition) is 3. The molecule has 1 atom stereocenters. The standard InChI is InChI=1S/C16H26FNO2/c1-3-8-18-13-16(20-11-10-19-9-4-2)14-6-5-7-15(17)12-14/h5-7,12,16,18H,3-4,8-11,13H2,1-2H3. The maximum absolute atomic E-state index is 13.3. The number of nitrogens with one attached hydrogen (secondary N) is 1. The fraction of sp³-hybridized carbons (Fsp3) is 0.625. The molecule has 0 aliphatic heterocycles. The van der Waals surface area contributed by atoms with E-state index in [0.29, 0.717) is 19.8 Å². The highest BCUT2D eigenvalue weighted by Crippen LogP contribution is 2.17. The molecule has 114 valence electrons. The van der Waals surface area contributed by atoms with E-state index in [9.17, 15) is 4.39 Å². The van der Waals surface area contributed by atoms with Crippen molar-refractivity contribution in [3.05, 3.63) is 35.6 Å². The molecule has 1 rings (SSSR count). The molecule has 1 unspecified atom stereocenters. The van der Waals surface area contributed by atoms with Crippen LogP contribution in [0.1, 0.15) is 38.4 Å². The Hall–Kier alpha value is -0.970. The van der Waals surface area contributed by atoms with E-state index in [2.05, 4.69) is 19.2 Å². The van der Waals surface area contributed by atoms with E-state index in [1.807, 2.05) is 6.07 Å². The molecule has 0 spiro atoms. The smallest absolute Gasteiger partial charge is 0.123 e. The Labute approximate surface area is 121 Å². The maximum atomic E-state index is 13.3. The van der Waals surface area contributed by atoms with Gasteiger partial charge in [-0.25, -0.2) is 4.39 Å². The fourth-order valence-electron chi connectivity index (χ4n) is 1.89. The Morgan fingerprint density at radius 1 is 1.15 bits per heavy atom. The van der Waals surface area contributed by atoms with Crippen molar-refractivity contribution in [2.45, 2.75) is 32.8 Å². The number of benzene rings is 1. The summed E-state index contributed by atoms with van der Waals surface area (Å²) in [6, 6.07) is 6.60. The Bertz CT molecular complexity index is 360. The van der Waals surface area contributed by atoms with Gasteiger partial charge in [-0.3, -0.25) is 0 Å². The van der Waals surface area contributed by atoms with Gasteiger partial charge in [-0.05, 0) is 37.1 Å². The van der Waals surface area contributed by atoms with Crippen LogP contribution in [0, 0.1) is 5.82 Å². The minimum atomic E-state index is -0.228. The second kappa shape index (κ2) is 10.8. The lowest BCUT2D eigenvalue weighted by atomic mass is 10.1. The van der Waals surface area contributed by atoms with Crippen LogP contribution in [0.15, 0.2) is 24.3 Å². The second-order valence-corrected chi connectivity index (χ2v) is 4.73. The van der Waals surface area contributed by atoms with Crippen LogP contribution >= 0.6 is 0 Å². The van der Waals surface area contributed by atoms with Crippen molar-refractivity contribution in [1.29, 1.82) is 0 Å². The van der Waals surface area contributed by atoms with E-state index in [4.69, 9.17) is 9.47 Å². The predicted molar refractivity (Wildman–Crippen MR) is 79.4 cm³/mol. The molecule has 3 nitrogen and oxygen atoms in total. The van der Waals surface area contributed by atoms with Crippen LogP contribution < -0.4 is 5.32 Å². The van der Waals surface area contributed by atoms with Gasteiger partial charge in [0.1, 0.15) is 5.82 Å². The molecule has 0 saturated heterocycles. The third-order valence-electron chi connectivity index (χ3n) is 2.87. The second-order valence-electron chi connectivity index (χ2n) is 4.73. The zero-order chi connectivity index (χ0) is 14.6. The Kier molecular flexibility index (Phi) is 9.20. The highest BCUT2D eigenvalue weighted by Gasteiger charge is 2.12. The molecular weight excluding hydrogens is 257 g/mol. The van der Waals surface area contributed by atoms with Gasteiger partial charge in [0, 0.05) is 13.2 Å². The largest absolute Gasteiger partial charge is 0.379 e. The monoisotopic (exact) mass is 283 g/mol. The lowest BCUT2D eigenvalue weighted by molar-refractivity contribution is 0.00423. The van der Waals surface area contributed by atoms with Gasteiger partial charge >= 0.3 is 0 Å². The molecule has 0 aromatic heterocycles. The number of rotatable bonds is 11. The van der Waals surface area contributed by atoms with Gasteiger partial charge in [-0.1, -0.05) is 26.0 Å². The number of ether oxygens (including phenoxy) is 2. The number of halogens is 1. The predicted octanol–water partition coefficient (Wildman–Crippen LogP) is 3.31. The molecule has 4 heteroatoms.